The summed E-state index contributed by atoms with van der Waals surface area (Å²) in [7, 11) is 0. The van der Waals surface area contributed by atoms with Gasteiger partial charge in [-0.05, 0) is 18.6 Å². The lowest BCUT2D eigenvalue weighted by molar-refractivity contribution is 0.319. The zero-order valence-electron chi connectivity index (χ0n) is 8.96. The van der Waals surface area contributed by atoms with Crippen LogP contribution in [-0.2, 0) is 0 Å². The van der Waals surface area contributed by atoms with Gasteiger partial charge in [0.15, 0.2) is 0 Å². The summed E-state index contributed by atoms with van der Waals surface area (Å²) >= 11 is 0. The largest absolute Gasteiger partial charge is 0.411 e. The highest BCUT2D eigenvalue weighted by Crippen LogP contribution is 2.18. The number of hydrogen-bond acceptors (Lipinski definition) is 3. The minimum atomic E-state index is 0.560. The van der Waals surface area contributed by atoms with Gasteiger partial charge in [-0.2, -0.15) is 0 Å². The molecular weight excluding hydrogens is 200 g/mol. The third-order valence-corrected chi connectivity index (χ3v) is 2.41. The monoisotopic (exact) mass is 212 g/mol. The molecule has 2 aromatic rings. The Morgan fingerprint density at radius 1 is 1.12 bits per heavy atom. The van der Waals surface area contributed by atoms with Gasteiger partial charge in [-0.1, -0.05) is 35.5 Å². The Hall–Kier alpha value is -2.16. The lowest BCUT2D eigenvalue weighted by Gasteiger charge is -2.03. The second kappa shape index (κ2) is 4.57. The van der Waals surface area contributed by atoms with Crippen LogP contribution in [-0.4, -0.2) is 15.9 Å². The lowest BCUT2D eigenvalue weighted by Crippen LogP contribution is -1.95. The molecule has 1 heterocycles. The number of hydrogen-bond donors (Lipinski definition) is 1. The Morgan fingerprint density at radius 3 is 2.56 bits per heavy atom. The Bertz CT molecular complexity index is 506. The maximum atomic E-state index is 8.71. The van der Waals surface area contributed by atoms with Gasteiger partial charge in [-0.3, -0.25) is 4.98 Å². The third-order valence-electron chi connectivity index (χ3n) is 2.41. The van der Waals surface area contributed by atoms with Crippen LogP contribution in [0.3, 0.4) is 0 Å². The molecule has 3 nitrogen and oxygen atoms in total. The maximum absolute atomic E-state index is 8.71. The predicted octanol–water partition coefficient (Wildman–Crippen LogP) is 2.95. The van der Waals surface area contributed by atoms with E-state index in [-0.39, 0.29) is 0 Å². The molecule has 16 heavy (non-hydrogen) atoms. The summed E-state index contributed by atoms with van der Waals surface area (Å²) in [4.78, 5) is 4.14. The molecule has 1 N–H and O–H groups in total. The highest BCUT2D eigenvalue weighted by atomic mass is 16.4. The summed E-state index contributed by atoms with van der Waals surface area (Å²) in [6.07, 6.45) is 3.48. The van der Waals surface area contributed by atoms with Gasteiger partial charge in [-0.25, -0.2) is 0 Å². The van der Waals surface area contributed by atoms with Crippen molar-refractivity contribution in [3.63, 3.8) is 0 Å². The summed E-state index contributed by atoms with van der Waals surface area (Å²) in [6.45, 7) is 1.74. The summed E-state index contributed by atoms with van der Waals surface area (Å²) in [5.74, 6) is 0. The summed E-state index contributed by atoms with van der Waals surface area (Å²) in [6, 6.07) is 11.9. The van der Waals surface area contributed by atoms with E-state index in [1.807, 2.05) is 36.4 Å². The van der Waals surface area contributed by atoms with Crippen molar-refractivity contribution in [1.82, 2.24) is 4.98 Å². The molecule has 1 aromatic carbocycles. The number of pyridine rings is 1. The second-order valence-electron chi connectivity index (χ2n) is 3.51. The fraction of sp³-hybridized carbons (Fsp3) is 0.0769. The zero-order chi connectivity index (χ0) is 11.4. The Labute approximate surface area is 94.1 Å². The molecule has 0 atom stereocenters. The fourth-order valence-electron chi connectivity index (χ4n) is 1.48. The van der Waals surface area contributed by atoms with Crippen molar-refractivity contribution in [2.45, 2.75) is 6.92 Å². The molecule has 80 valence electrons. The molecule has 0 saturated carbocycles. The van der Waals surface area contributed by atoms with Crippen LogP contribution >= 0.6 is 0 Å². The Balaban J connectivity index is 2.44. The molecule has 3 heteroatoms. The molecule has 0 aliphatic rings. The first kappa shape index (κ1) is 10.4. The summed E-state index contributed by atoms with van der Waals surface area (Å²) in [5.41, 5.74) is 3.50. The fourth-order valence-corrected chi connectivity index (χ4v) is 1.48. The lowest BCUT2D eigenvalue weighted by atomic mass is 10.0. The van der Waals surface area contributed by atoms with Crippen LogP contribution in [0.2, 0.25) is 0 Å². The summed E-state index contributed by atoms with van der Waals surface area (Å²) in [5, 5.41) is 11.9. The normalized spacial score (nSPS) is 11.4. The smallest absolute Gasteiger partial charge is 0.0852 e. The van der Waals surface area contributed by atoms with Gasteiger partial charge < -0.3 is 5.21 Å². The van der Waals surface area contributed by atoms with Crippen LogP contribution in [0, 0.1) is 0 Å². The number of rotatable bonds is 2. The first-order chi connectivity index (χ1) is 7.81. The average molecular weight is 212 g/mol. The van der Waals surface area contributed by atoms with Gasteiger partial charge in [-0.15, -0.1) is 0 Å². The molecule has 0 bridgehead atoms. The Morgan fingerprint density at radius 2 is 1.88 bits per heavy atom. The standard InChI is InChI=1S/C13H12N2O/c1-10(15-16)12-7-13(9-14-8-12)11-5-3-2-4-6-11/h2-9,16H,1H3/b15-10+. The van der Waals surface area contributed by atoms with Gasteiger partial charge in [0.1, 0.15) is 0 Å². The average Bonchev–Trinajstić information content (AvgIpc) is 2.39. The van der Waals surface area contributed by atoms with Crippen molar-refractivity contribution in [3.05, 3.63) is 54.4 Å². The number of oxime groups is 1. The number of benzene rings is 1. The van der Waals surface area contributed by atoms with E-state index in [0.717, 1.165) is 16.7 Å². The molecular formula is C13H12N2O. The van der Waals surface area contributed by atoms with Crippen LogP contribution < -0.4 is 0 Å². The molecule has 2 rings (SSSR count). The third kappa shape index (κ3) is 2.08. The maximum Gasteiger partial charge on any atom is 0.0852 e. The molecule has 0 aliphatic carbocycles. The van der Waals surface area contributed by atoms with Crippen molar-refractivity contribution in [3.8, 4) is 11.1 Å². The van der Waals surface area contributed by atoms with Gasteiger partial charge in [0.05, 0.1) is 5.71 Å². The van der Waals surface area contributed by atoms with Crippen LogP contribution in [0.5, 0.6) is 0 Å². The molecule has 0 aliphatic heterocycles. The van der Waals surface area contributed by atoms with E-state index < -0.39 is 0 Å². The van der Waals surface area contributed by atoms with E-state index in [9.17, 15) is 0 Å². The van der Waals surface area contributed by atoms with Crippen LogP contribution in [0.4, 0.5) is 0 Å². The SMILES string of the molecule is C/C(=N\O)c1cncc(-c2ccccc2)c1. The summed E-state index contributed by atoms with van der Waals surface area (Å²) < 4.78 is 0. The molecule has 0 saturated heterocycles. The first-order valence-electron chi connectivity index (χ1n) is 5.01. The van der Waals surface area contributed by atoms with Gasteiger partial charge in [0.25, 0.3) is 0 Å². The van der Waals surface area contributed by atoms with Crippen molar-refractivity contribution in [1.29, 1.82) is 0 Å². The van der Waals surface area contributed by atoms with Crippen molar-refractivity contribution in [2.24, 2.45) is 5.16 Å². The quantitative estimate of drug-likeness (QED) is 0.472. The second-order valence-corrected chi connectivity index (χ2v) is 3.51. The van der Waals surface area contributed by atoms with Crippen LogP contribution in [0.15, 0.2) is 53.9 Å². The number of aromatic nitrogens is 1. The van der Waals surface area contributed by atoms with Crippen LogP contribution in [0.25, 0.3) is 11.1 Å². The van der Waals surface area contributed by atoms with Crippen LogP contribution in [0.1, 0.15) is 12.5 Å². The molecule has 1 aromatic heterocycles. The van der Waals surface area contributed by atoms with Crippen molar-refractivity contribution in [2.75, 3.05) is 0 Å². The van der Waals surface area contributed by atoms with Crippen molar-refractivity contribution >= 4 is 5.71 Å². The van der Waals surface area contributed by atoms with Crippen molar-refractivity contribution < 1.29 is 5.21 Å². The number of nitrogens with zero attached hydrogens (tertiary/aromatic N) is 2. The topological polar surface area (TPSA) is 45.5 Å². The first-order valence-corrected chi connectivity index (χ1v) is 5.01. The highest BCUT2D eigenvalue weighted by Gasteiger charge is 2.02. The predicted molar refractivity (Wildman–Crippen MR) is 63.7 cm³/mol. The van der Waals surface area contributed by atoms with E-state index in [1.165, 1.54) is 0 Å². The minimum absolute atomic E-state index is 0.560. The molecule has 0 fully saturated rings. The van der Waals surface area contributed by atoms with Gasteiger partial charge in [0.2, 0.25) is 0 Å². The van der Waals surface area contributed by atoms with E-state index in [1.54, 1.807) is 19.3 Å². The molecule has 0 unspecified atom stereocenters. The molecule has 0 amide bonds. The minimum Gasteiger partial charge on any atom is -0.411 e. The van der Waals surface area contributed by atoms with Gasteiger partial charge in [0, 0.05) is 23.5 Å². The van der Waals surface area contributed by atoms with E-state index in [0.29, 0.717) is 5.71 Å². The van der Waals surface area contributed by atoms with E-state index in [4.69, 9.17) is 5.21 Å². The van der Waals surface area contributed by atoms with E-state index >= 15 is 0 Å². The molecule has 0 spiro atoms. The van der Waals surface area contributed by atoms with E-state index in [2.05, 4.69) is 10.1 Å². The van der Waals surface area contributed by atoms with Gasteiger partial charge >= 0.3 is 0 Å². The highest BCUT2D eigenvalue weighted by molar-refractivity contribution is 5.98. The Kier molecular flexibility index (Phi) is 2.96. The zero-order valence-corrected chi connectivity index (χ0v) is 8.96. The molecule has 0 radical (unpaired) electrons.